The highest BCUT2D eigenvalue weighted by Crippen LogP contribution is 2.23. The van der Waals surface area contributed by atoms with Crippen LogP contribution in [0.1, 0.15) is 21.7 Å². The predicted molar refractivity (Wildman–Crippen MR) is 119 cm³/mol. The Morgan fingerprint density at radius 3 is 2.52 bits per heavy atom. The normalized spacial score (nSPS) is 11.4. The number of benzene rings is 2. The fourth-order valence-corrected chi connectivity index (χ4v) is 3.42. The Bertz CT molecular complexity index is 1050. The van der Waals surface area contributed by atoms with Crippen molar-refractivity contribution in [1.29, 1.82) is 0 Å². The van der Waals surface area contributed by atoms with Crippen molar-refractivity contribution in [2.24, 2.45) is 0 Å². The van der Waals surface area contributed by atoms with E-state index in [2.05, 4.69) is 26.6 Å². The Balaban J connectivity index is 1.62. The fourth-order valence-electron chi connectivity index (χ4n) is 2.83. The van der Waals surface area contributed by atoms with E-state index in [9.17, 15) is 14.4 Å². The van der Waals surface area contributed by atoms with Gasteiger partial charge in [-0.3, -0.25) is 9.59 Å². The highest BCUT2D eigenvalue weighted by Gasteiger charge is 2.25. The maximum atomic E-state index is 12.7. The highest BCUT2D eigenvalue weighted by molar-refractivity contribution is 9.10. The molecule has 0 radical (unpaired) electrons. The lowest BCUT2D eigenvalue weighted by molar-refractivity contribution is -0.149. The Morgan fingerprint density at radius 1 is 1.06 bits per heavy atom. The van der Waals surface area contributed by atoms with Gasteiger partial charge in [0.15, 0.2) is 12.4 Å². The van der Waals surface area contributed by atoms with Gasteiger partial charge in [-0.05, 0) is 58.2 Å². The van der Waals surface area contributed by atoms with E-state index in [1.807, 2.05) is 49.4 Å². The second kappa shape index (κ2) is 10.6. The van der Waals surface area contributed by atoms with Crippen LogP contribution in [-0.4, -0.2) is 30.4 Å². The molecular formula is C23H21BrN2O5. The average Bonchev–Trinajstić information content (AvgIpc) is 3.29. The highest BCUT2D eigenvalue weighted by atomic mass is 79.9. The van der Waals surface area contributed by atoms with Crippen LogP contribution < -0.4 is 10.6 Å². The second-order valence-electron chi connectivity index (χ2n) is 6.83. The molecule has 0 saturated heterocycles. The summed E-state index contributed by atoms with van der Waals surface area (Å²) in [5.41, 5.74) is 2.43. The number of rotatable bonds is 8. The molecule has 0 saturated carbocycles. The fraction of sp³-hybridized carbons (Fsp3) is 0.174. The Labute approximate surface area is 187 Å². The molecule has 0 spiro atoms. The van der Waals surface area contributed by atoms with Gasteiger partial charge in [-0.2, -0.15) is 0 Å². The van der Waals surface area contributed by atoms with Gasteiger partial charge in [-0.25, -0.2) is 4.79 Å². The summed E-state index contributed by atoms with van der Waals surface area (Å²) in [7, 11) is 0. The van der Waals surface area contributed by atoms with Gasteiger partial charge in [0.05, 0.1) is 12.0 Å². The number of carbonyl (C=O) groups excluding carboxylic acids is 3. The van der Waals surface area contributed by atoms with Crippen molar-refractivity contribution < 1.29 is 23.5 Å². The number of anilines is 1. The van der Waals surface area contributed by atoms with Crippen LogP contribution in [0.25, 0.3) is 0 Å². The molecule has 0 bridgehead atoms. The van der Waals surface area contributed by atoms with Gasteiger partial charge in [-0.1, -0.05) is 36.4 Å². The number of halogens is 1. The topological polar surface area (TPSA) is 97.6 Å². The van der Waals surface area contributed by atoms with Gasteiger partial charge in [-0.15, -0.1) is 0 Å². The largest absolute Gasteiger partial charge is 0.459 e. The molecule has 160 valence electrons. The molecule has 8 heteroatoms. The summed E-state index contributed by atoms with van der Waals surface area (Å²) < 4.78 is 11.0. The maximum Gasteiger partial charge on any atom is 0.329 e. The molecule has 7 nitrogen and oxygen atoms in total. The molecule has 3 rings (SSSR count). The zero-order valence-corrected chi connectivity index (χ0v) is 18.3. The number of carbonyl (C=O) groups is 3. The van der Waals surface area contributed by atoms with E-state index in [-0.39, 0.29) is 12.2 Å². The summed E-state index contributed by atoms with van der Waals surface area (Å²) in [4.78, 5) is 37.3. The predicted octanol–water partition coefficient (Wildman–Crippen LogP) is 3.87. The minimum Gasteiger partial charge on any atom is -0.459 e. The van der Waals surface area contributed by atoms with Crippen molar-refractivity contribution in [2.75, 3.05) is 11.9 Å². The van der Waals surface area contributed by atoms with E-state index < -0.39 is 30.4 Å². The molecule has 1 aromatic heterocycles. The number of hydrogen-bond acceptors (Lipinski definition) is 5. The quantitative estimate of drug-likeness (QED) is 0.472. The zero-order chi connectivity index (χ0) is 22.2. The van der Waals surface area contributed by atoms with Crippen molar-refractivity contribution in [1.82, 2.24) is 5.32 Å². The molecule has 1 heterocycles. The lowest BCUT2D eigenvalue weighted by atomic mass is 10.1. The first-order chi connectivity index (χ1) is 14.9. The van der Waals surface area contributed by atoms with Crippen LogP contribution in [-0.2, 0) is 20.7 Å². The van der Waals surface area contributed by atoms with Crippen LogP contribution in [0.2, 0.25) is 0 Å². The summed E-state index contributed by atoms with van der Waals surface area (Å²) in [6, 6.07) is 16.7. The molecule has 2 amide bonds. The van der Waals surface area contributed by atoms with Gasteiger partial charge in [0, 0.05) is 10.9 Å². The first kappa shape index (κ1) is 22.3. The second-order valence-corrected chi connectivity index (χ2v) is 7.69. The Kier molecular flexibility index (Phi) is 7.61. The number of furan rings is 1. The minimum atomic E-state index is -0.987. The zero-order valence-electron chi connectivity index (χ0n) is 16.8. The molecule has 2 aromatic carbocycles. The van der Waals surface area contributed by atoms with Crippen molar-refractivity contribution in [2.45, 2.75) is 19.4 Å². The smallest absolute Gasteiger partial charge is 0.329 e. The molecule has 0 unspecified atom stereocenters. The third-order valence-electron chi connectivity index (χ3n) is 4.36. The van der Waals surface area contributed by atoms with Crippen molar-refractivity contribution >= 4 is 39.4 Å². The molecule has 2 N–H and O–H groups in total. The SMILES string of the molecule is Cc1ccc(NC(=O)COC(=O)[C@H](Cc2ccccc2)NC(=O)c2ccco2)c(Br)c1. The lowest BCUT2D eigenvalue weighted by Gasteiger charge is -2.17. The van der Waals surface area contributed by atoms with Crippen molar-refractivity contribution in [3.05, 3.63) is 88.3 Å². The summed E-state index contributed by atoms with van der Waals surface area (Å²) in [6.45, 7) is 1.45. The van der Waals surface area contributed by atoms with Crippen LogP contribution >= 0.6 is 15.9 Å². The monoisotopic (exact) mass is 484 g/mol. The first-order valence-corrected chi connectivity index (χ1v) is 10.3. The molecule has 0 fully saturated rings. The molecule has 0 aliphatic rings. The van der Waals surface area contributed by atoms with Gasteiger partial charge in [0.1, 0.15) is 6.04 Å². The summed E-state index contributed by atoms with van der Waals surface area (Å²) in [6.07, 6.45) is 1.57. The minimum absolute atomic E-state index is 0.0767. The summed E-state index contributed by atoms with van der Waals surface area (Å²) in [5, 5.41) is 5.29. The van der Waals surface area contributed by atoms with Gasteiger partial charge in [0.2, 0.25) is 0 Å². The number of aryl methyl sites for hydroxylation is 1. The van der Waals surface area contributed by atoms with Gasteiger partial charge < -0.3 is 19.8 Å². The number of amides is 2. The molecule has 1 atom stereocenters. The molecule has 31 heavy (non-hydrogen) atoms. The Morgan fingerprint density at radius 2 is 1.84 bits per heavy atom. The standard InChI is InChI=1S/C23H21BrN2O5/c1-15-9-10-18(17(24)12-15)25-21(27)14-31-23(29)19(13-16-6-3-2-4-7-16)26-22(28)20-8-5-11-30-20/h2-12,19H,13-14H2,1H3,(H,25,27)(H,26,28)/t19-/m0/s1. The van der Waals surface area contributed by atoms with E-state index in [1.165, 1.54) is 12.3 Å². The van der Waals surface area contributed by atoms with E-state index in [4.69, 9.17) is 9.15 Å². The molecule has 3 aromatic rings. The lowest BCUT2D eigenvalue weighted by Crippen LogP contribution is -2.44. The van der Waals surface area contributed by atoms with E-state index in [1.54, 1.807) is 12.1 Å². The third-order valence-corrected chi connectivity index (χ3v) is 5.02. The van der Waals surface area contributed by atoms with Crippen molar-refractivity contribution in [3.8, 4) is 0 Å². The van der Waals surface area contributed by atoms with Crippen LogP contribution in [0.4, 0.5) is 5.69 Å². The molecule has 0 aliphatic heterocycles. The van der Waals surface area contributed by atoms with Crippen LogP contribution in [0.15, 0.2) is 75.8 Å². The van der Waals surface area contributed by atoms with E-state index in [0.29, 0.717) is 5.69 Å². The summed E-state index contributed by atoms with van der Waals surface area (Å²) >= 11 is 3.38. The van der Waals surface area contributed by atoms with Gasteiger partial charge >= 0.3 is 5.97 Å². The molecular weight excluding hydrogens is 464 g/mol. The number of nitrogens with one attached hydrogen (secondary N) is 2. The molecule has 0 aliphatic carbocycles. The van der Waals surface area contributed by atoms with Crippen molar-refractivity contribution in [3.63, 3.8) is 0 Å². The first-order valence-electron chi connectivity index (χ1n) is 9.53. The number of hydrogen-bond donors (Lipinski definition) is 2. The van der Waals surface area contributed by atoms with Crippen LogP contribution in [0.5, 0.6) is 0 Å². The third kappa shape index (κ3) is 6.55. The summed E-state index contributed by atoms with van der Waals surface area (Å²) in [5.74, 6) is -1.68. The van der Waals surface area contributed by atoms with Crippen LogP contribution in [0, 0.1) is 6.92 Å². The van der Waals surface area contributed by atoms with E-state index >= 15 is 0 Å². The number of esters is 1. The van der Waals surface area contributed by atoms with Gasteiger partial charge in [0.25, 0.3) is 11.8 Å². The average molecular weight is 485 g/mol. The number of ether oxygens (including phenoxy) is 1. The Hall–Kier alpha value is -3.39. The van der Waals surface area contributed by atoms with E-state index in [0.717, 1.165) is 15.6 Å². The van der Waals surface area contributed by atoms with Crippen LogP contribution in [0.3, 0.4) is 0 Å². The maximum absolute atomic E-state index is 12.7.